The van der Waals surface area contributed by atoms with E-state index >= 15 is 4.39 Å². The number of carbonyl (C=O) groups excluding carboxylic acids is 3. The fourth-order valence-electron chi connectivity index (χ4n) is 4.87. The van der Waals surface area contributed by atoms with Crippen LogP contribution in [0.25, 0.3) is 0 Å². The van der Waals surface area contributed by atoms with Gasteiger partial charge < -0.3 is 30.5 Å². The van der Waals surface area contributed by atoms with Crippen molar-refractivity contribution < 1.29 is 23.5 Å². The Kier molecular flexibility index (Phi) is 7.04. The van der Waals surface area contributed by atoms with Gasteiger partial charge in [-0.15, -0.1) is 0 Å². The fourth-order valence-corrected chi connectivity index (χ4v) is 4.87. The van der Waals surface area contributed by atoms with Crippen molar-refractivity contribution in [2.75, 3.05) is 50.0 Å². The Bertz CT molecular complexity index is 1230. The zero-order valence-corrected chi connectivity index (χ0v) is 20.4. The van der Waals surface area contributed by atoms with Crippen LogP contribution < -0.4 is 16.0 Å². The number of ether oxygens (including phenoxy) is 1. The summed E-state index contributed by atoms with van der Waals surface area (Å²) in [4.78, 5) is 45.1. The average Bonchev–Trinajstić information content (AvgIpc) is 3.33. The Balaban J connectivity index is 1.36. The summed E-state index contributed by atoms with van der Waals surface area (Å²) < 4.78 is 20.7. The van der Waals surface area contributed by atoms with Crippen LogP contribution in [0.1, 0.15) is 39.1 Å². The smallest absolute Gasteiger partial charge is 0.255 e. The Morgan fingerprint density at radius 1 is 1.14 bits per heavy atom. The Hall–Kier alpha value is -3.99. The largest absolute Gasteiger partial charge is 0.378 e. The van der Waals surface area contributed by atoms with Gasteiger partial charge in [-0.3, -0.25) is 14.4 Å². The number of nitrogens with one attached hydrogen (secondary N) is 3. The third-order valence-corrected chi connectivity index (χ3v) is 6.83. The molecule has 3 aliphatic rings. The van der Waals surface area contributed by atoms with Crippen LogP contribution in [-0.2, 0) is 16.1 Å². The summed E-state index contributed by atoms with van der Waals surface area (Å²) >= 11 is 0. The van der Waals surface area contributed by atoms with E-state index in [1.165, 1.54) is 6.08 Å². The number of amides is 3. The van der Waals surface area contributed by atoms with Crippen LogP contribution in [0.2, 0.25) is 0 Å². The second kappa shape index (κ2) is 10.6. The molecule has 5 rings (SSSR count). The van der Waals surface area contributed by atoms with Crippen molar-refractivity contribution in [1.82, 2.24) is 20.1 Å². The lowest BCUT2D eigenvalue weighted by atomic mass is 10.0. The highest BCUT2D eigenvalue weighted by Crippen LogP contribution is 2.32. The third kappa shape index (κ3) is 5.12. The molecular weight excluding hydrogens is 479 g/mol. The molecule has 37 heavy (non-hydrogen) atoms. The number of pyridine rings is 1. The molecule has 11 heteroatoms. The molecule has 194 valence electrons. The van der Waals surface area contributed by atoms with Gasteiger partial charge in [-0.1, -0.05) is 6.58 Å². The quantitative estimate of drug-likeness (QED) is 0.513. The van der Waals surface area contributed by atoms with Crippen molar-refractivity contribution in [3.05, 3.63) is 59.4 Å². The zero-order chi connectivity index (χ0) is 25.9. The minimum atomic E-state index is -0.586. The second-order valence-electron chi connectivity index (χ2n) is 9.24. The minimum Gasteiger partial charge on any atom is -0.378 e. The molecule has 3 aliphatic heterocycles. The van der Waals surface area contributed by atoms with Gasteiger partial charge in [0.25, 0.3) is 11.8 Å². The molecule has 1 unspecified atom stereocenters. The van der Waals surface area contributed by atoms with Crippen LogP contribution in [0.3, 0.4) is 0 Å². The number of piperidine rings is 1. The molecule has 1 aromatic heterocycles. The minimum absolute atomic E-state index is 0.0229. The normalized spacial score (nSPS) is 19.2. The number of halogens is 1. The van der Waals surface area contributed by atoms with Crippen molar-refractivity contribution >= 4 is 35.0 Å². The molecule has 2 aromatic rings. The van der Waals surface area contributed by atoms with Crippen LogP contribution in [0.5, 0.6) is 0 Å². The predicted molar refractivity (Wildman–Crippen MR) is 135 cm³/mol. The highest BCUT2D eigenvalue weighted by molar-refractivity contribution is 6.04. The van der Waals surface area contributed by atoms with Gasteiger partial charge in [0.1, 0.15) is 5.82 Å². The molecular formula is C26H29FN6O4. The highest BCUT2D eigenvalue weighted by atomic mass is 19.1. The van der Waals surface area contributed by atoms with E-state index in [9.17, 15) is 14.4 Å². The first kappa shape index (κ1) is 24.7. The summed E-state index contributed by atoms with van der Waals surface area (Å²) in [5.41, 5.74) is 1.54. The Labute approximate surface area is 213 Å². The number of benzene rings is 1. The van der Waals surface area contributed by atoms with Gasteiger partial charge >= 0.3 is 0 Å². The summed E-state index contributed by atoms with van der Waals surface area (Å²) in [5.74, 6) is -0.988. The van der Waals surface area contributed by atoms with Crippen LogP contribution in [0.15, 0.2) is 36.9 Å². The predicted octanol–water partition coefficient (Wildman–Crippen LogP) is 2.27. The zero-order valence-electron chi connectivity index (χ0n) is 20.4. The number of rotatable bonds is 6. The van der Waals surface area contributed by atoms with Crippen molar-refractivity contribution in [3.63, 3.8) is 0 Å². The van der Waals surface area contributed by atoms with Crippen LogP contribution in [-0.4, -0.2) is 77.9 Å². The standard InChI is InChI=1S/C26H29FN6O4/c1-2-20(34)33-9-3-4-18(15-33)30-24-22(27)19-14-28-25(35)21(19)23(31-24)29-17-7-5-16(6-8-17)26(36)32-10-12-37-13-11-32/h2,5-8,18H,1,3-4,9-15H2,(H,28,35)(H2,29,30,31). The lowest BCUT2D eigenvalue weighted by Gasteiger charge is -2.33. The van der Waals surface area contributed by atoms with E-state index in [-0.39, 0.29) is 47.2 Å². The molecule has 0 spiro atoms. The maximum atomic E-state index is 15.4. The molecule has 0 radical (unpaired) electrons. The average molecular weight is 509 g/mol. The molecule has 2 saturated heterocycles. The lowest BCUT2D eigenvalue weighted by molar-refractivity contribution is -0.127. The molecule has 3 amide bonds. The van der Waals surface area contributed by atoms with Gasteiger partial charge in [0.2, 0.25) is 5.91 Å². The van der Waals surface area contributed by atoms with Gasteiger partial charge in [0.15, 0.2) is 11.6 Å². The van der Waals surface area contributed by atoms with Crippen molar-refractivity contribution in [2.45, 2.75) is 25.4 Å². The van der Waals surface area contributed by atoms with Gasteiger partial charge in [-0.25, -0.2) is 9.37 Å². The van der Waals surface area contributed by atoms with E-state index in [1.807, 2.05) is 0 Å². The topological polar surface area (TPSA) is 116 Å². The summed E-state index contributed by atoms with van der Waals surface area (Å²) in [7, 11) is 0. The van der Waals surface area contributed by atoms with Crippen LogP contribution in [0, 0.1) is 5.82 Å². The number of morpholine rings is 1. The second-order valence-corrected chi connectivity index (χ2v) is 9.24. The van der Waals surface area contributed by atoms with Crippen LogP contribution >= 0.6 is 0 Å². The first-order valence-corrected chi connectivity index (χ1v) is 12.4. The van der Waals surface area contributed by atoms with Crippen LogP contribution in [0.4, 0.5) is 21.7 Å². The van der Waals surface area contributed by atoms with E-state index in [1.54, 1.807) is 34.1 Å². The van der Waals surface area contributed by atoms with Gasteiger partial charge in [-0.2, -0.15) is 0 Å². The molecule has 4 heterocycles. The number of fused-ring (bicyclic) bond motifs is 1. The third-order valence-electron chi connectivity index (χ3n) is 6.83. The summed E-state index contributed by atoms with van der Waals surface area (Å²) in [6, 6.07) is 6.67. The van der Waals surface area contributed by atoms with Crippen molar-refractivity contribution in [2.24, 2.45) is 0 Å². The van der Waals surface area contributed by atoms with Gasteiger partial charge in [0, 0.05) is 55.6 Å². The highest BCUT2D eigenvalue weighted by Gasteiger charge is 2.31. The molecule has 1 aromatic carbocycles. The molecule has 10 nitrogen and oxygen atoms in total. The number of likely N-dealkylation sites (tertiary alicyclic amines) is 1. The van der Waals surface area contributed by atoms with Gasteiger partial charge in [0.05, 0.1) is 18.8 Å². The van der Waals surface area contributed by atoms with E-state index < -0.39 is 11.7 Å². The number of nitrogens with zero attached hydrogens (tertiary/aromatic N) is 3. The molecule has 0 saturated carbocycles. The van der Waals surface area contributed by atoms with E-state index in [2.05, 4.69) is 27.5 Å². The molecule has 1 atom stereocenters. The first-order valence-electron chi connectivity index (χ1n) is 12.4. The summed E-state index contributed by atoms with van der Waals surface area (Å²) in [6.45, 7) is 6.77. The SMILES string of the molecule is C=CC(=O)N1CCCC(Nc2nc(Nc3ccc(C(=O)N4CCOCC4)cc3)c3c(c2F)CNC3=O)C1. The van der Waals surface area contributed by atoms with E-state index in [0.717, 1.165) is 12.8 Å². The van der Waals surface area contributed by atoms with E-state index in [4.69, 9.17) is 4.74 Å². The van der Waals surface area contributed by atoms with Gasteiger partial charge in [-0.05, 0) is 43.2 Å². The summed E-state index contributed by atoms with van der Waals surface area (Å²) in [6.07, 6.45) is 2.79. The number of aromatic nitrogens is 1. The molecule has 0 bridgehead atoms. The fraction of sp³-hybridized carbons (Fsp3) is 0.385. The molecule has 2 fully saturated rings. The monoisotopic (exact) mass is 508 g/mol. The first-order chi connectivity index (χ1) is 17.9. The van der Waals surface area contributed by atoms with E-state index in [0.29, 0.717) is 50.6 Å². The molecule has 0 aliphatic carbocycles. The number of hydrogen-bond acceptors (Lipinski definition) is 7. The lowest BCUT2D eigenvalue weighted by Crippen LogP contribution is -2.44. The Morgan fingerprint density at radius 2 is 1.89 bits per heavy atom. The number of carbonyl (C=O) groups is 3. The number of hydrogen-bond donors (Lipinski definition) is 3. The van der Waals surface area contributed by atoms with Crippen molar-refractivity contribution in [3.8, 4) is 0 Å². The maximum absolute atomic E-state index is 15.4. The molecule has 3 N–H and O–H groups in total. The maximum Gasteiger partial charge on any atom is 0.255 e. The summed E-state index contributed by atoms with van der Waals surface area (Å²) in [5, 5.41) is 8.92. The van der Waals surface area contributed by atoms with Crippen molar-refractivity contribution in [1.29, 1.82) is 0 Å². The number of anilines is 3. The Morgan fingerprint density at radius 3 is 2.62 bits per heavy atom.